The molecule has 0 radical (unpaired) electrons. The lowest BCUT2D eigenvalue weighted by Gasteiger charge is -2.18. The number of aromatic nitrogens is 1. The fourth-order valence-electron chi connectivity index (χ4n) is 2.83. The van der Waals surface area contributed by atoms with Gasteiger partial charge in [-0.25, -0.2) is 9.86 Å². The number of ether oxygens (including phenoxy) is 1. The molecule has 6 nitrogen and oxygen atoms in total. The van der Waals surface area contributed by atoms with Crippen molar-refractivity contribution < 1.29 is 13.2 Å². The van der Waals surface area contributed by atoms with Crippen molar-refractivity contribution in [2.24, 2.45) is 5.14 Å². The topological polar surface area (TPSA) is 97.2 Å². The number of rotatable bonds is 6. The molecule has 1 heterocycles. The van der Waals surface area contributed by atoms with Gasteiger partial charge in [0.2, 0.25) is 0 Å². The van der Waals surface area contributed by atoms with Gasteiger partial charge < -0.3 is 9.72 Å². The van der Waals surface area contributed by atoms with Crippen LogP contribution in [-0.4, -0.2) is 27.1 Å². The van der Waals surface area contributed by atoms with Crippen LogP contribution in [0.25, 0.3) is 10.9 Å². The van der Waals surface area contributed by atoms with Crippen molar-refractivity contribution in [2.45, 2.75) is 5.92 Å². The first-order valence-corrected chi connectivity index (χ1v) is 9.00. The van der Waals surface area contributed by atoms with Crippen molar-refractivity contribution >= 4 is 21.1 Å². The number of nitrogens with two attached hydrogens (primary N) is 1. The molecule has 0 saturated carbocycles. The van der Waals surface area contributed by atoms with Crippen molar-refractivity contribution in [2.75, 3.05) is 13.7 Å². The zero-order chi connectivity index (χ0) is 17.2. The third kappa shape index (κ3) is 3.59. The van der Waals surface area contributed by atoms with Crippen molar-refractivity contribution in [1.82, 2.24) is 9.71 Å². The van der Waals surface area contributed by atoms with Crippen LogP contribution in [0.4, 0.5) is 0 Å². The molecule has 1 aromatic heterocycles. The minimum atomic E-state index is -3.77. The molecule has 0 spiro atoms. The van der Waals surface area contributed by atoms with Gasteiger partial charge in [-0.3, -0.25) is 0 Å². The van der Waals surface area contributed by atoms with Crippen LogP contribution in [0.2, 0.25) is 0 Å². The summed E-state index contributed by atoms with van der Waals surface area (Å²) >= 11 is 0. The first-order valence-electron chi connectivity index (χ1n) is 7.45. The van der Waals surface area contributed by atoms with Gasteiger partial charge >= 0.3 is 0 Å². The minimum absolute atomic E-state index is 0.174. The van der Waals surface area contributed by atoms with Crippen LogP contribution in [-0.2, 0) is 10.2 Å². The summed E-state index contributed by atoms with van der Waals surface area (Å²) in [4.78, 5) is 3.22. The van der Waals surface area contributed by atoms with Gasteiger partial charge in [0.05, 0.1) is 7.11 Å². The summed E-state index contributed by atoms with van der Waals surface area (Å²) in [5.41, 5.74) is 2.98. The second kappa shape index (κ2) is 6.64. The Labute approximate surface area is 140 Å². The molecule has 126 valence electrons. The third-order valence-corrected chi connectivity index (χ3v) is 4.57. The molecule has 1 atom stereocenters. The van der Waals surface area contributed by atoms with Crippen LogP contribution in [0.1, 0.15) is 17.0 Å². The van der Waals surface area contributed by atoms with Gasteiger partial charge in [-0.2, -0.15) is 8.42 Å². The largest absolute Gasteiger partial charge is 0.497 e. The third-order valence-electron chi connectivity index (χ3n) is 4.00. The number of nitrogens with one attached hydrogen (secondary N) is 2. The number of benzene rings is 2. The number of hydrogen-bond donors (Lipinski definition) is 3. The fraction of sp³-hybridized carbons (Fsp3) is 0.176. The Morgan fingerprint density at radius 3 is 2.54 bits per heavy atom. The van der Waals surface area contributed by atoms with Crippen LogP contribution in [0.5, 0.6) is 5.75 Å². The number of H-pyrrole nitrogens is 1. The highest BCUT2D eigenvalue weighted by Crippen LogP contribution is 2.31. The van der Waals surface area contributed by atoms with E-state index in [-0.39, 0.29) is 12.5 Å². The molecule has 1 unspecified atom stereocenters. The van der Waals surface area contributed by atoms with Gasteiger partial charge in [0, 0.05) is 29.6 Å². The molecule has 7 heteroatoms. The molecule has 0 fully saturated rings. The van der Waals surface area contributed by atoms with E-state index in [1.54, 1.807) is 7.11 Å². The summed E-state index contributed by atoms with van der Waals surface area (Å²) in [6, 6.07) is 15.5. The molecule has 0 aliphatic rings. The van der Waals surface area contributed by atoms with Crippen molar-refractivity contribution in [1.29, 1.82) is 0 Å². The monoisotopic (exact) mass is 345 g/mol. The maximum Gasteiger partial charge on any atom is 0.274 e. The zero-order valence-electron chi connectivity index (χ0n) is 13.2. The lowest BCUT2D eigenvalue weighted by Crippen LogP contribution is -2.34. The van der Waals surface area contributed by atoms with Gasteiger partial charge in [0.25, 0.3) is 10.2 Å². The van der Waals surface area contributed by atoms with Crippen molar-refractivity contribution in [3.63, 3.8) is 0 Å². The van der Waals surface area contributed by atoms with E-state index in [1.165, 1.54) is 0 Å². The smallest absolute Gasteiger partial charge is 0.274 e. The van der Waals surface area contributed by atoms with Gasteiger partial charge in [-0.05, 0) is 29.3 Å². The average molecular weight is 345 g/mol. The van der Waals surface area contributed by atoms with E-state index in [0.29, 0.717) is 0 Å². The van der Waals surface area contributed by atoms with Crippen molar-refractivity contribution in [3.8, 4) is 5.75 Å². The highest BCUT2D eigenvalue weighted by Gasteiger charge is 2.19. The Bertz CT molecular complexity index is 933. The zero-order valence-corrected chi connectivity index (χ0v) is 14.0. The quantitative estimate of drug-likeness (QED) is 0.638. The highest BCUT2D eigenvalue weighted by atomic mass is 32.2. The van der Waals surface area contributed by atoms with Crippen LogP contribution >= 0.6 is 0 Å². The molecule has 24 heavy (non-hydrogen) atoms. The van der Waals surface area contributed by atoms with E-state index < -0.39 is 10.2 Å². The van der Waals surface area contributed by atoms with Gasteiger partial charge in [0.15, 0.2) is 0 Å². The van der Waals surface area contributed by atoms with Gasteiger partial charge in [0.1, 0.15) is 5.75 Å². The van der Waals surface area contributed by atoms with Gasteiger partial charge in [-0.1, -0.05) is 30.3 Å². The molecular weight excluding hydrogens is 326 g/mol. The number of para-hydroxylation sites is 1. The summed E-state index contributed by atoms with van der Waals surface area (Å²) < 4.78 is 30.3. The first-order chi connectivity index (χ1) is 11.5. The van der Waals surface area contributed by atoms with Crippen LogP contribution in [0, 0.1) is 0 Å². The minimum Gasteiger partial charge on any atom is -0.497 e. The maximum atomic E-state index is 11.3. The second-order valence-corrected chi connectivity index (χ2v) is 6.89. The normalized spacial score (nSPS) is 13.1. The molecular formula is C17H19N3O3S. The molecule has 0 aliphatic carbocycles. The second-order valence-electron chi connectivity index (χ2n) is 5.51. The van der Waals surface area contributed by atoms with E-state index in [2.05, 4.69) is 9.71 Å². The first kappa shape index (κ1) is 16.5. The SMILES string of the molecule is COc1ccc(C(CNS(N)(=O)=O)c2c[nH]c3ccccc23)cc1. The molecule has 0 aliphatic heterocycles. The van der Waals surface area contributed by atoms with Crippen LogP contribution in [0.3, 0.4) is 0 Å². The lowest BCUT2D eigenvalue weighted by molar-refractivity contribution is 0.414. The number of methoxy groups -OCH3 is 1. The summed E-state index contributed by atoms with van der Waals surface area (Å²) in [7, 11) is -2.16. The lowest BCUT2D eigenvalue weighted by atomic mass is 9.91. The predicted molar refractivity (Wildman–Crippen MR) is 94.2 cm³/mol. The average Bonchev–Trinajstić information content (AvgIpc) is 2.99. The Hall–Kier alpha value is -2.35. The maximum absolute atomic E-state index is 11.3. The summed E-state index contributed by atoms with van der Waals surface area (Å²) in [5, 5.41) is 6.16. The molecule has 0 amide bonds. The van der Waals surface area contributed by atoms with Gasteiger partial charge in [-0.15, -0.1) is 0 Å². The number of aromatic amines is 1. The molecule has 0 bridgehead atoms. The summed E-state index contributed by atoms with van der Waals surface area (Å²) in [6.45, 7) is 0.174. The number of hydrogen-bond acceptors (Lipinski definition) is 3. The van der Waals surface area contributed by atoms with Crippen molar-refractivity contribution in [3.05, 3.63) is 65.9 Å². The highest BCUT2D eigenvalue weighted by molar-refractivity contribution is 7.87. The Morgan fingerprint density at radius 1 is 1.17 bits per heavy atom. The molecule has 3 rings (SSSR count). The number of fused-ring (bicyclic) bond motifs is 1. The van der Waals surface area contributed by atoms with E-state index in [1.807, 2.05) is 54.7 Å². The molecule has 4 N–H and O–H groups in total. The molecule has 0 saturated heterocycles. The summed E-state index contributed by atoms with van der Waals surface area (Å²) in [5.74, 6) is 0.571. The predicted octanol–water partition coefficient (Wildman–Crippen LogP) is 2.10. The van der Waals surface area contributed by atoms with E-state index >= 15 is 0 Å². The molecule has 2 aromatic carbocycles. The van der Waals surface area contributed by atoms with E-state index in [4.69, 9.17) is 9.88 Å². The Morgan fingerprint density at radius 2 is 1.88 bits per heavy atom. The summed E-state index contributed by atoms with van der Waals surface area (Å²) in [6.07, 6.45) is 1.91. The van der Waals surface area contributed by atoms with E-state index in [0.717, 1.165) is 27.8 Å². The molecule has 3 aromatic rings. The van der Waals surface area contributed by atoms with Crippen LogP contribution in [0.15, 0.2) is 54.7 Å². The van der Waals surface area contributed by atoms with Crippen LogP contribution < -0.4 is 14.6 Å². The Kier molecular flexibility index (Phi) is 4.57. The van der Waals surface area contributed by atoms with E-state index in [9.17, 15) is 8.42 Å². The fourth-order valence-corrected chi connectivity index (χ4v) is 3.22. The Balaban J connectivity index is 2.03. The standard InChI is InChI=1S/C17H19N3O3S/c1-23-13-8-6-12(7-9-13)15(11-20-24(18,21)22)16-10-19-17-5-3-2-4-14(16)17/h2-10,15,19-20H,11H2,1H3,(H2,18,21,22).